The highest BCUT2D eigenvalue weighted by Gasteiger charge is 2.09. The molecule has 1 heterocycles. The molecule has 4 aromatic rings. The molecule has 45 heavy (non-hydrogen) atoms. The second-order valence-corrected chi connectivity index (χ2v) is 9.84. The Labute approximate surface area is 271 Å². The van der Waals surface area contributed by atoms with Gasteiger partial charge in [-0.25, -0.2) is 0 Å². The molecule has 0 bridgehead atoms. The van der Waals surface area contributed by atoms with E-state index in [-0.39, 0.29) is 0 Å². The summed E-state index contributed by atoms with van der Waals surface area (Å²) < 4.78 is 0. The molecule has 0 aliphatic heterocycles. The summed E-state index contributed by atoms with van der Waals surface area (Å²) in [5.74, 6) is 0. The van der Waals surface area contributed by atoms with Crippen LogP contribution in [-0.2, 0) is 0 Å². The summed E-state index contributed by atoms with van der Waals surface area (Å²) in [7, 11) is 0. The fourth-order valence-electron chi connectivity index (χ4n) is 4.06. The van der Waals surface area contributed by atoms with Crippen LogP contribution in [0.15, 0.2) is 159 Å². The molecule has 3 nitrogen and oxygen atoms in total. The van der Waals surface area contributed by atoms with Gasteiger partial charge in [0, 0.05) is 27.9 Å². The molecule has 0 radical (unpaired) electrons. The molecule has 3 aromatic carbocycles. The van der Waals surface area contributed by atoms with E-state index in [2.05, 4.69) is 93.2 Å². The molecular formula is C42H51N3. The molecule has 1 aromatic heterocycles. The molecule has 0 amide bonds. The van der Waals surface area contributed by atoms with Crippen molar-refractivity contribution in [1.82, 2.24) is 4.98 Å². The first-order chi connectivity index (χ1) is 21.9. The summed E-state index contributed by atoms with van der Waals surface area (Å²) in [6.07, 6.45) is 29.2. The van der Waals surface area contributed by atoms with Crippen LogP contribution in [-0.4, -0.2) is 4.98 Å². The molecular weight excluding hydrogens is 546 g/mol. The van der Waals surface area contributed by atoms with Gasteiger partial charge in [-0.3, -0.25) is 0 Å². The first-order valence-corrected chi connectivity index (χ1v) is 15.2. The second-order valence-electron chi connectivity index (χ2n) is 9.84. The number of rotatable bonds is 8. The van der Waals surface area contributed by atoms with Gasteiger partial charge in [-0.05, 0) is 80.6 Å². The van der Waals surface area contributed by atoms with Crippen LogP contribution in [0.4, 0.5) is 0 Å². The zero-order valence-corrected chi connectivity index (χ0v) is 27.8. The maximum Gasteiger partial charge on any atom is 0.0544 e. The SMILES string of the molecule is C/C=C\C.C=C/C=C/c1ccc2c(ccc3c4ccc(/C(C=C)=C/N)cc4[nH]c23)c1.C=C/C=C\C=C/C.CC/C(C)=C\C=C/N. The molecule has 0 saturated heterocycles. The van der Waals surface area contributed by atoms with Crippen LogP contribution in [0.1, 0.15) is 52.2 Å². The molecule has 0 spiro atoms. The molecule has 0 aliphatic rings. The normalized spacial score (nSPS) is 12.0. The lowest BCUT2D eigenvalue weighted by molar-refractivity contribution is 1.10. The number of hydrogen-bond acceptors (Lipinski definition) is 2. The lowest BCUT2D eigenvalue weighted by atomic mass is 10.0. The highest BCUT2D eigenvalue weighted by atomic mass is 14.7. The zero-order chi connectivity index (χ0) is 33.5. The third-order valence-electron chi connectivity index (χ3n) is 6.70. The highest BCUT2D eigenvalue weighted by Crippen LogP contribution is 2.33. The number of nitrogens with two attached hydrogens (primary N) is 2. The Hall–Kier alpha value is -5.28. The molecule has 234 valence electrons. The summed E-state index contributed by atoms with van der Waals surface area (Å²) in [5.41, 5.74) is 17.6. The quantitative estimate of drug-likeness (QED) is 0.140. The summed E-state index contributed by atoms with van der Waals surface area (Å²) in [4.78, 5) is 3.59. The molecule has 0 unspecified atom stereocenters. The van der Waals surface area contributed by atoms with Gasteiger partial charge in [-0.1, -0.05) is 142 Å². The molecule has 0 saturated carbocycles. The van der Waals surface area contributed by atoms with Crippen LogP contribution in [0, 0.1) is 0 Å². The molecule has 0 atom stereocenters. The van der Waals surface area contributed by atoms with Gasteiger partial charge in [0.05, 0.1) is 5.52 Å². The summed E-state index contributed by atoms with van der Waals surface area (Å²) in [5, 5.41) is 4.87. The first kappa shape index (κ1) is 37.7. The van der Waals surface area contributed by atoms with Crippen molar-refractivity contribution in [3.63, 3.8) is 0 Å². The van der Waals surface area contributed by atoms with E-state index in [0.29, 0.717) is 0 Å². The Morgan fingerprint density at radius 1 is 0.756 bits per heavy atom. The van der Waals surface area contributed by atoms with E-state index in [1.54, 1.807) is 30.6 Å². The lowest BCUT2D eigenvalue weighted by Gasteiger charge is -2.02. The van der Waals surface area contributed by atoms with Gasteiger partial charge in [0.15, 0.2) is 0 Å². The fourth-order valence-corrected chi connectivity index (χ4v) is 4.06. The van der Waals surface area contributed by atoms with Crippen molar-refractivity contribution in [3.05, 3.63) is 170 Å². The molecule has 4 rings (SSSR count). The van der Waals surface area contributed by atoms with E-state index in [9.17, 15) is 0 Å². The van der Waals surface area contributed by atoms with E-state index in [0.717, 1.165) is 28.6 Å². The lowest BCUT2D eigenvalue weighted by Crippen LogP contribution is -1.86. The van der Waals surface area contributed by atoms with E-state index in [4.69, 9.17) is 11.5 Å². The van der Waals surface area contributed by atoms with E-state index >= 15 is 0 Å². The third-order valence-corrected chi connectivity index (χ3v) is 6.70. The zero-order valence-electron chi connectivity index (χ0n) is 27.8. The monoisotopic (exact) mass is 597 g/mol. The van der Waals surface area contributed by atoms with Crippen LogP contribution >= 0.6 is 0 Å². The number of aromatic nitrogens is 1. The van der Waals surface area contributed by atoms with Crippen LogP contribution in [0.3, 0.4) is 0 Å². The van der Waals surface area contributed by atoms with Crippen molar-refractivity contribution < 1.29 is 0 Å². The number of benzene rings is 3. The van der Waals surface area contributed by atoms with Crippen LogP contribution in [0.5, 0.6) is 0 Å². The Kier molecular flexibility index (Phi) is 18.7. The molecule has 0 fully saturated rings. The number of allylic oxidation sites excluding steroid dienone is 14. The second kappa shape index (κ2) is 22.3. The predicted molar refractivity (Wildman–Crippen MR) is 207 cm³/mol. The minimum absolute atomic E-state index is 0.925. The number of hydrogen-bond donors (Lipinski definition) is 3. The van der Waals surface area contributed by atoms with Gasteiger partial charge >= 0.3 is 0 Å². The van der Waals surface area contributed by atoms with Crippen molar-refractivity contribution >= 4 is 44.2 Å². The third kappa shape index (κ3) is 12.5. The van der Waals surface area contributed by atoms with E-state index in [1.807, 2.05) is 75.5 Å². The van der Waals surface area contributed by atoms with Gasteiger partial charge in [0.25, 0.3) is 0 Å². The van der Waals surface area contributed by atoms with Crippen LogP contribution in [0.2, 0.25) is 0 Å². The maximum atomic E-state index is 5.70. The summed E-state index contributed by atoms with van der Waals surface area (Å²) in [6.45, 7) is 21.3. The van der Waals surface area contributed by atoms with Crippen LogP contribution < -0.4 is 11.5 Å². The predicted octanol–water partition coefficient (Wildman–Crippen LogP) is 11.9. The fraction of sp³-hybridized carbons (Fsp3) is 0.143. The Balaban J connectivity index is 0.000000438. The Morgan fingerprint density at radius 3 is 2.02 bits per heavy atom. The van der Waals surface area contributed by atoms with Gasteiger partial charge in [-0.2, -0.15) is 0 Å². The molecule has 5 N–H and O–H groups in total. The van der Waals surface area contributed by atoms with Crippen molar-refractivity contribution in [2.75, 3.05) is 0 Å². The number of aromatic amines is 1. The van der Waals surface area contributed by atoms with Gasteiger partial charge in [-0.15, -0.1) is 0 Å². The Morgan fingerprint density at radius 2 is 1.44 bits per heavy atom. The van der Waals surface area contributed by atoms with Crippen LogP contribution in [0.25, 0.3) is 44.2 Å². The number of nitrogens with one attached hydrogen (secondary N) is 1. The standard InChI is InChI=1S/C24H20N2.C7H13N.C7H10.C4H8/c1-3-5-6-16-7-10-20-19(13-16)9-12-22-21-11-8-18(17(4-2)15-25)14-23(21)26-24(20)22;1-3-7(2)5-4-6-8;1-3-5-7-6-4-2;1-3-4-2/h3-15,26H,1-2,25H2;4-6H,3,8H2,1-2H3;3-7H,1H2,2H3;3-4H,1-2H3/b6-5+,17-15+;2*6-4-,7-5-;4-3-. The van der Waals surface area contributed by atoms with Crippen molar-refractivity contribution in [3.8, 4) is 0 Å². The largest absolute Gasteiger partial charge is 0.405 e. The average Bonchev–Trinajstić information content (AvgIpc) is 3.46. The van der Waals surface area contributed by atoms with Crippen molar-refractivity contribution in [1.29, 1.82) is 0 Å². The van der Waals surface area contributed by atoms with Gasteiger partial charge in [0.1, 0.15) is 0 Å². The van der Waals surface area contributed by atoms with Gasteiger partial charge in [0.2, 0.25) is 0 Å². The van der Waals surface area contributed by atoms with Crippen molar-refractivity contribution in [2.24, 2.45) is 11.5 Å². The Bertz CT molecular complexity index is 1730. The summed E-state index contributed by atoms with van der Waals surface area (Å²) in [6, 6.07) is 17.2. The molecule has 0 aliphatic carbocycles. The smallest absolute Gasteiger partial charge is 0.0544 e. The topological polar surface area (TPSA) is 67.8 Å². The first-order valence-electron chi connectivity index (χ1n) is 15.2. The van der Waals surface area contributed by atoms with E-state index in [1.165, 1.54) is 32.7 Å². The average molecular weight is 598 g/mol. The number of fused-ring (bicyclic) bond motifs is 5. The molecule has 3 heteroatoms. The maximum absolute atomic E-state index is 5.70. The van der Waals surface area contributed by atoms with Crippen molar-refractivity contribution in [2.45, 2.75) is 41.0 Å². The summed E-state index contributed by atoms with van der Waals surface area (Å²) >= 11 is 0. The van der Waals surface area contributed by atoms with Gasteiger partial charge < -0.3 is 16.5 Å². The minimum atomic E-state index is 0.925. The number of H-pyrrole nitrogens is 1. The minimum Gasteiger partial charge on any atom is -0.405 e. The highest BCUT2D eigenvalue weighted by molar-refractivity contribution is 6.17. The van der Waals surface area contributed by atoms with E-state index < -0.39 is 0 Å².